The summed E-state index contributed by atoms with van der Waals surface area (Å²) in [5, 5.41) is 13.3. The highest BCUT2D eigenvalue weighted by atomic mass is 32.2. The summed E-state index contributed by atoms with van der Waals surface area (Å²) in [6, 6.07) is 15.7. The maximum Gasteiger partial charge on any atom is 0.234 e. The van der Waals surface area contributed by atoms with Crippen LogP contribution in [0.5, 0.6) is 0 Å². The Kier molecular flexibility index (Phi) is 6.82. The largest absolute Gasteiger partial charge is 0.325 e. The van der Waals surface area contributed by atoms with E-state index in [1.165, 1.54) is 43.2 Å². The molecule has 0 aliphatic carbocycles. The summed E-state index contributed by atoms with van der Waals surface area (Å²) in [7, 11) is 0. The first-order valence-electron chi connectivity index (χ1n) is 11.4. The molecule has 0 spiro atoms. The quantitative estimate of drug-likeness (QED) is 0.391. The van der Waals surface area contributed by atoms with Gasteiger partial charge in [-0.2, -0.15) is 0 Å². The number of fused-ring (bicyclic) bond motifs is 1. The van der Waals surface area contributed by atoms with Crippen molar-refractivity contribution in [2.75, 3.05) is 24.2 Å². The smallest absolute Gasteiger partial charge is 0.234 e. The number of nitrogens with one attached hydrogen (secondary N) is 1. The molecular weight excluding hydrogens is 451 g/mol. The molecular formula is C25H25FN6OS. The fourth-order valence-electron chi connectivity index (χ4n) is 4.19. The Bertz CT molecular complexity index is 1280. The number of pyridine rings is 1. The number of halogens is 1. The number of amides is 1. The van der Waals surface area contributed by atoms with Crippen molar-refractivity contribution < 1.29 is 9.18 Å². The van der Waals surface area contributed by atoms with Gasteiger partial charge in [0.15, 0.2) is 11.0 Å². The van der Waals surface area contributed by atoms with E-state index in [0.29, 0.717) is 11.7 Å². The van der Waals surface area contributed by atoms with E-state index in [4.69, 9.17) is 0 Å². The average Bonchev–Trinajstić information content (AvgIpc) is 3.26. The van der Waals surface area contributed by atoms with Crippen LogP contribution in [0, 0.1) is 5.82 Å². The summed E-state index contributed by atoms with van der Waals surface area (Å²) >= 11 is 1.31. The van der Waals surface area contributed by atoms with Crippen LogP contribution in [0.15, 0.2) is 66.0 Å². The van der Waals surface area contributed by atoms with Crippen molar-refractivity contribution in [1.29, 1.82) is 0 Å². The van der Waals surface area contributed by atoms with E-state index < -0.39 is 0 Å². The van der Waals surface area contributed by atoms with Gasteiger partial charge in [-0.25, -0.2) is 4.39 Å². The number of thioether (sulfide) groups is 1. The van der Waals surface area contributed by atoms with Gasteiger partial charge in [-0.15, -0.1) is 10.2 Å². The second-order valence-corrected chi connectivity index (χ2v) is 9.20. The minimum Gasteiger partial charge on any atom is -0.325 e. The van der Waals surface area contributed by atoms with Gasteiger partial charge in [0, 0.05) is 17.3 Å². The summed E-state index contributed by atoms with van der Waals surface area (Å²) in [5.41, 5.74) is 2.33. The monoisotopic (exact) mass is 476 g/mol. The molecule has 2 aromatic carbocycles. The van der Waals surface area contributed by atoms with E-state index in [0.717, 1.165) is 41.2 Å². The Morgan fingerprint density at radius 3 is 2.65 bits per heavy atom. The molecule has 0 atom stereocenters. The number of carbonyl (C=O) groups excluding carboxylic acids is 1. The molecule has 1 fully saturated rings. The number of anilines is 1. The highest BCUT2D eigenvalue weighted by molar-refractivity contribution is 7.99. The predicted molar refractivity (Wildman–Crippen MR) is 132 cm³/mol. The van der Waals surface area contributed by atoms with Gasteiger partial charge in [0.1, 0.15) is 5.82 Å². The zero-order valence-electron chi connectivity index (χ0n) is 18.7. The normalized spacial score (nSPS) is 14.4. The highest BCUT2D eigenvalue weighted by Crippen LogP contribution is 2.25. The molecule has 3 heterocycles. The van der Waals surface area contributed by atoms with E-state index in [-0.39, 0.29) is 17.5 Å². The zero-order valence-corrected chi connectivity index (χ0v) is 19.5. The third kappa shape index (κ3) is 5.10. The molecule has 2 aromatic heterocycles. The van der Waals surface area contributed by atoms with Crippen LogP contribution in [0.25, 0.3) is 16.6 Å². The lowest BCUT2D eigenvalue weighted by molar-refractivity contribution is -0.113. The Morgan fingerprint density at radius 1 is 1.00 bits per heavy atom. The van der Waals surface area contributed by atoms with Gasteiger partial charge in [-0.3, -0.25) is 19.2 Å². The molecule has 0 bridgehead atoms. The van der Waals surface area contributed by atoms with Crippen LogP contribution >= 0.6 is 11.8 Å². The third-order valence-corrected chi connectivity index (χ3v) is 6.78. The SMILES string of the molecule is O=C(CSc1nnc(CN2CCCCC2)n1-c1ccc(F)cc1)Nc1cccc2ncccc12. The van der Waals surface area contributed by atoms with Gasteiger partial charge >= 0.3 is 0 Å². The fourth-order valence-corrected chi connectivity index (χ4v) is 4.96. The number of benzene rings is 2. The van der Waals surface area contributed by atoms with Crippen molar-refractivity contribution in [3.63, 3.8) is 0 Å². The lowest BCUT2D eigenvalue weighted by Crippen LogP contribution is -2.30. The number of hydrogen-bond acceptors (Lipinski definition) is 6. The molecule has 174 valence electrons. The van der Waals surface area contributed by atoms with Crippen LogP contribution in [-0.4, -0.2) is 49.4 Å². The highest BCUT2D eigenvalue weighted by Gasteiger charge is 2.20. The number of nitrogens with zero attached hydrogens (tertiary/aromatic N) is 5. The Hall–Kier alpha value is -3.30. The molecule has 1 N–H and O–H groups in total. The van der Waals surface area contributed by atoms with Crippen molar-refractivity contribution >= 4 is 34.3 Å². The third-order valence-electron chi connectivity index (χ3n) is 5.85. The molecule has 4 aromatic rings. The standard InChI is InChI=1S/C25H25FN6OS/c26-18-9-11-19(12-10-18)32-23(16-31-14-2-1-3-15-31)29-30-25(32)34-17-24(33)28-22-8-4-7-21-20(22)6-5-13-27-21/h4-13H,1-3,14-17H2,(H,28,33). The average molecular weight is 477 g/mol. The van der Waals surface area contributed by atoms with Crippen LogP contribution in [0.4, 0.5) is 10.1 Å². The molecule has 1 saturated heterocycles. The van der Waals surface area contributed by atoms with Crippen molar-refractivity contribution in [1.82, 2.24) is 24.6 Å². The second-order valence-electron chi connectivity index (χ2n) is 8.26. The van der Waals surface area contributed by atoms with E-state index in [1.54, 1.807) is 18.3 Å². The van der Waals surface area contributed by atoms with Gasteiger partial charge < -0.3 is 5.32 Å². The summed E-state index contributed by atoms with van der Waals surface area (Å²) in [4.78, 5) is 19.5. The van der Waals surface area contributed by atoms with Gasteiger partial charge in [0.2, 0.25) is 5.91 Å². The summed E-state index contributed by atoms with van der Waals surface area (Å²) in [6.45, 7) is 2.72. The molecule has 1 amide bonds. The number of hydrogen-bond donors (Lipinski definition) is 1. The molecule has 1 aliphatic heterocycles. The van der Waals surface area contributed by atoms with Crippen LogP contribution in [0.2, 0.25) is 0 Å². The van der Waals surface area contributed by atoms with Gasteiger partial charge in [-0.05, 0) is 74.5 Å². The van der Waals surface area contributed by atoms with Crippen LogP contribution in [0.3, 0.4) is 0 Å². The number of aromatic nitrogens is 4. The molecule has 0 unspecified atom stereocenters. The number of rotatable bonds is 7. The maximum atomic E-state index is 13.6. The summed E-state index contributed by atoms with van der Waals surface area (Å²) in [5.74, 6) is 0.511. The molecule has 9 heteroatoms. The van der Waals surface area contributed by atoms with Gasteiger partial charge in [0.25, 0.3) is 0 Å². The lowest BCUT2D eigenvalue weighted by atomic mass is 10.1. The van der Waals surface area contributed by atoms with Crippen molar-refractivity contribution in [3.8, 4) is 5.69 Å². The van der Waals surface area contributed by atoms with Gasteiger partial charge in [-0.1, -0.05) is 24.2 Å². The fraction of sp³-hybridized carbons (Fsp3) is 0.280. The molecule has 34 heavy (non-hydrogen) atoms. The van der Waals surface area contributed by atoms with Crippen molar-refractivity contribution in [2.45, 2.75) is 31.0 Å². The predicted octanol–water partition coefficient (Wildman–Crippen LogP) is 4.67. The first-order chi connectivity index (χ1) is 16.7. The molecule has 0 saturated carbocycles. The molecule has 0 radical (unpaired) electrons. The van der Waals surface area contributed by atoms with E-state index in [2.05, 4.69) is 25.4 Å². The maximum absolute atomic E-state index is 13.6. The minimum atomic E-state index is -0.299. The topological polar surface area (TPSA) is 75.9 Å². The van der Waals surface area contributed by atoms with E-state index in [1.807, 2.05) is 34.9 Å². The molecule has 5 rings (SSSR count). The zero-order chi connectivity index (χ0) is 23.3. The number of carbonyl (C=O) groups is 1. The first kappa shape index (κ1) is 22.5. The Balaban J connectivity index is 1.34. The number of likely N-dealkylation sites (tertiary alicyclic amines) is 1. The van der Waals surface area contributed by atoms with Crippen LogP contribution < -0.4 is 5.32 Å². The molecule has 1 aliphatic rings. The van der Waals surface area contributed by atoms with Crippen molar-refractivity contribution in [2.24, 2.45) is 0 Å². The van der Waals surface area contributed by atoms with Crippen LogP contribution in [0.1, 0.15) is 25.1 Å². The summed E-state index contributed by atoms with van der Waals surface area (Å²) in [6.07, 6.45) is 5.34. The van der Waals surface area contributed by atoms with Crippen LogP contribution in [-0.2, 0) is 11.3 Å². The number of piperidine rings is 1. The van der Waals surface area contributed by atoms with Gasteiger partial charge in [0.05, 0.1) is 23.5 Å². The van der Waals surface area contributed by atoms with E-state index >= 15 is 0 Å². The lowest BCUT2D eigenvalue weighted by Gasteiger charge is -2.26. The molecule has 7 nitrogen and oxygen atoms in total. The Morgan fingerprint density at radius 2 is 1.82 bits per heavy atom. The minimum absolute atomic E-state index is 0.146. The second kappa shape index (κ2) is 10.3. The van der Waals surface area contributed by atoms with Crippen molar-refractivity contribution in [3.05, 3.63) is 72.4 Å². The first-order valence-corrected chi connectivity index (χ1v) is 12.3. The Labute approximate surface area is 201 Å². The summed E-state index contributed by atoms with van der Waals surface area (Å²) < 4.78 is 15.5. The van der Waals surface area contributed by atoms with E-state index in [9.17, 15) is 9.18 Å².